The molecule has 0 heterocycles. The average Bonchev–Trinajstić information content (AvgIpc) is 3.18. The summed E-state index contributed by atoms with van der Waals surface area (Å²) in [6, 6.07) is 54.7. The molecule has 3 radical (unpaired) electrons. The van der Waals surface area contributed by atoms with Gasteiger partial charge in [-0.2, -0.15) is 0 Å². The van der Waals surface area contributed by atoms with Gasteiger partial charge in [0.2, 0.25) is 0 Å². The number of benzene rings is 6. The minimum atomic E-state index is -4.05. The van der Waals surface area contributed by atoms with Crippen LogP contribution in [0.2, 0.25) is 0 Å². The summed E-state index contributed by atoms with van der Waals surface area (Å²) in [5.41, 5.74) is 0. The van der Waals surface area contributed by atoms with Gasteiger partial charge >= 0.3 is 73.6 Å². The molecule has 3 nitrogen and oxygen atoms in total. The third kappa shape index (κ3) is 11.0. The van der Waals surface area contributed by atoms with Crippen LogP contribution >= 0.6 is 21.4 Å². The largest absolute Gasteiger partial charge is 1.00 e. The van der Waals surface area contributed by atoms with Crippen LogP contribution < -0.4 is 56.6 Å². The van der Waals surface area contributed by atoms with Crippen LogP contribution in [0.3, 0.4) is 0 Å². The van der Waals surface area contributed by atoms with Crippen molar-refractivity contribution in [1.82, 2.24) is 0 Å². The fourth-order valence-electron chi connectivity index (χ4n) is 5.56. The second-order valence-electron chi connectivity index (χ2n) is 10.3. The SMILES string of the molecule is O=P(c1ccccc1)(c1ccccc1)[C-](P(=O)(c1ccccc1)c1ccccc1)P(=O)(c1ccccc1)c1ccccc1.[Bi]=[Bi].[CH-]=[CH][BiH].[Cl-].[Cl-].[Zr]. The summed E-state index contributed by atoms with van der Waals surface area (Å²) in [5.74, 6) is 0. The molecular formula is C39H33Bi3Cl2O3P3Zr-4. The third-order valence-electron chi connectivity index (χ3n) is 7.56. The van der Waals surface area contributed by atoms with Crippen molar-refractivity contribution < 1.29 is 64.7 Å². The molecule has 0 aliphatic heterocycles. The summed E-state index contributed by atoms with van der Waals surface area (Å²) in [6.45, 7) is 4.78. The molecule has 0 aliphatic rings. The number of hydrogen-bond donors (Lipinski definition) is 0. The van der Waals surface area contributed by atoms with Gasteiger partial charge in [-0.3, -0.25) is 0 Å². The minimum absolute atomic E-state index is 0. The van der Waals surface area contributed by atoms with Crippen LogP contribution in [0.5, 0.6) is 0 Å². The second-order valence-corrected chi connectivity index (χ2v) is 20.8. The third-order valence-corrected chi connectivity index (χ3v) is 20.5. The Morgan fingerprint density at radius 1 is 0.412 bits per heavy atom. The first-order valence-electron chi connectivity index (χ1n) is 14.8. The van der Waals surface area contributed by atoms with Gasteiger partial charge in [0.05, 0.1) is 0 Å². The molecule has 51 heavy (non-hydrogen) atoms. The number of hydrogen-bond acceptors (Lipinski definition) is 3. The van der Waals surface area contributed by atoms with E-state index in [1.54, 1.807) is 115 Å². The fourth-order valence-corrected chi connectivity index (χ4v) is 20.3. The molecule has 0 fully saturated rings. The molecular weight excluding hydrogens is 1400 g/mol. The topological polar surface area (TPSA) is 51.2 Å². The first kappa shape index (κ1) is 48.9. The van der Waals surface area contributed by atoms with Gasteiger partial charge in [-0.15, -0.1) is 0 Å². The van der Waals surface area contributed by atoms with E-state index in [4.69, 9.17) is 6.58 Å². The van der Waals surface area contributed by atoms with E-state index in [0.717, 1.165) is 24.7 Å². The average molecular weight is 1430 g/mol. The summed E-state index contributed by atoms with van der Waals surface area (Å²) >= 11 is 4.13. The Morgan fingerprint density at radius 2 is 0.529 bits per heavy atom. The summed E-state index contributed by atoms with van der Waals surface area (Å²) < 4.78 is 51.2. The van der Waals surface area contributed by atoms with E-state index in [1.165, 1.54) is 0 Å². The summed E-state index contributed by atoms with van der Waals surface area (Å²) in [4.78, 5) is 0. The normalized spacial score (nSPS) is 10.6. The molecule has 6 aromatic carbocycles. The second kappa shape index (κ2) is 24.4. The van der Waals surface area contributed by atoms with Crippen LogP contribution in [-0.2, 0) is 39.9 Å². The number of rotatable bonds is 9. The van der Waals surface area contributed by atoms with Gasteiger partial charge < -0.3 is 38.5 Å². The summed E-state index contributed by atoms with van der Waals surface area (Å²) in [6.07, 6.45) is 0. The van der Waals surface area contributed by atoms with Crippen molar-refractivity contribution >= 4 is 116 Å². The van der Waals surface area contributed by atoms with E-state index < -0.39 is 21.4 Å². The molecule has 6 aromatic rings. The van der Waals surface area contributed by atoms with Crippen molar-refractivity contribution in [3.8, 4) is 0 Å². The first-order valence-corrected chi connectivity index (χ1v) is 37.4. The van der Waals surface area contributed by atoms with Gasteiger partial charge in [-0.1, -0.05) is 187 Å². The molecule has 0 bridgehead atoms. The Morgan fingerprint density at radius 3 is 0.647 bits per heavy atom. The summed E-state index contributed by atoms with van der Waals surface area (Å²) in [5, 5.41) is 2.96. The van der Waals surface area contributed by atoms with Crippen LogP contribution in [-0.4, -0.2) is 63.2 Å². The molecule has 0 N–H and O–H groups in total. The van der Waals surface area contributed by atoms with Crippen molar-refractivity contribution in [2.24, 2.45) is 0 Å². The molecule has 0 unspecified atom stereocenters. The Labute approximate surface area is 373 Å². The predicted octanol–water partition coefficient (Wildman–Crippen LogP) is 0.553. The van der Waals surface area contributed by atoms with Crippen LogP contribution in [0.4, 0.5) is 0 Å². The quantitative estimate of drug-likeness (QED) is 0.121. The molecule has 0 saturated heterocycles. The molecule has 0 spiro atoms. The maximum absolute atomic E-state index is 16.5. The van der Waals surface area contributed by atoms with E-state index in [0.29, 0.717) is 31.8 Å². The molecule has 0 saturated carbocycles. The molecule has 0 amide bonds. The van der Waals surface area contributed by atoms with Crippen LogP contribution in [0.1, 0.15) is 0 Å². The predicted molar refractivity (Wildman–Crippen MR) is 210 cm³/mol. The van der Waals surface area contributed by atoms with E-state index in [9.17, 15) is 0 Å². The van der Waals surface area contributed by atoms with E-state index in [2.05, 4.69) is 0 Å². The van der Waals surface area contributed by atoms with Crippen LogP contribution in [0.15, 0.2) is 186 Å². The van der Waals surface area contributed by atoms with Crippen molar-refractivity contribution in [3.63, 3.8) is 0 Å². The van der Waals surface area contributed by atoms with Crippen LogP contribution in [0, 0.1) is 11.7 Å². The molecule has 0 aliphatic carbocycles. The van der Waals surface area contributed by atoms with Gasteiger partial charge in [-0.05, 0) is 31.8 Å². The standard InChI is InChI=1S/C37H30O3P3.C2H2.3Bi.2ClH.Zr.H/c38-41(31-19-7-1-8-20-31,32-21-9-2-10-22-32)37(42(39,33-23-11-3-12-24-33)34-25-13-4-14-26-34)43(40,35-27-15-5-16-28-35)36-29-17-6-18-30-36;1-2;;;;;;;/h1-30H;1-2H;;;;2*1H;;/q2*-1;;;;;;;/p-2. The Balaban J connectivity index is 0.00000155. The zero-order chi connectivity index (χ0) is 34.5. The van der Waals surface area contributed by atoms with Gasteiger partial charge in [0.1, 0.15) is 0 Å². The van der Waals surface area contributed by atoms with E-state index >= 15 is 13.7 Å². The van der Waals surface area contributed by atoms with Crippen molar-refractivity contribution in [1.29, 1.82) is 0 Å². The molecule has 12 heteroatoms. The molecule has 0 atom stereocenters. The van der Waals surface area contributed by atoms with Gasteiger partial charge in [-0.25, -0.2) is 0 Å². The Kier molecular flexibility index (Phi) is 23.4. The van der Waals surface area contributed by atoms with Gasteiger partial charge in [0.25, 0.3) is 0 Å². The monoisotopic (exact) mass is 1430 g/mol. The minimum Gasteiger partial charge on any atom is -1.00 e. The first-order chi connectivity index (χ1) is 23.4. The zero-order valence-corrected chi connectivity index (χ0v) is 44.7. The van der Waals surface area contributed by atoms with Gasteiger partial charge in [0.15, 0.2) is 0 Å². The molecule has 6 rings (SSSR count). The maximum atomic E-state index is 16.5. The van der Waals surface area contributed by atoms with Crippen LogP contribution in [0.25, 0.3) is 0 Å². The summed E-state index contributed by atoms with van der Waals surface area (Å²) in [7, 11) is -12.1. The Hall–Kier alpha value is -0.138. The van der Waals surface area contributed by atoms with Gasteiger partial charge in [0, 0.05) is 47.6 Å². The van der Waals surface area contributed by atoms with Crippen molar-refractivity contribution in [2.75, 3.05) is 0 Å². The molecule has 0 aromatic heterocycles. The molecule has 259 valence electrons. The van der Waals surface area contributed by atoms with E-state index in [-0.39, 0.29) is 56.2 Å². The van der Waals surface area contributed by atoms with Crippen molar-refractivity contribution in [3.05, 3.63) is 197 Å². The van der Waals surface area contributed by atoms with E-state index in [1.807, 2.05) is 109 Å². The number of halogens is 2. The maximum Gasteiger partial charge on any atom is 0 e. The Bertz CT molecular complexity index is 1670. The van der Waals surface area contributed by atoms with Crippen molar-refractivity contribution in [2.45, 2.75) is 0 Å². The smallest absolute Gasteiger partial charge is 0 e. The zero-order valence-electron chi connectivity index (χ0n) is 27.2. The fraction of sp³-hybridized carbons (Fsp3) is 0.